The van der Waals surface area contributed by atoms with Crippen LogP contribution in [-0.4, -0.2) is 42.0 Å². The smallest absolute Gasteiger partial charge is 0.237 e. The van der Waals surface area contributed by atoms with E-state index in [2.05, 4.69) is 10.2 Å². The molecule has 1 aliphatic rings. The lowest BCUT2D eigenvalue weighted by Crippen LogP contribution is -2.50. The van der Waals surface area contributed by atoms with Gasteiger partial charge in [-0.05, 0) is 53.1 Å². The average Bonchev–Trinajstić information content (AvgIpc) is 2.61. The van der Waals surface area contributed by atoms with Gasteiger partial charge in [-0.25, -0.2) is 0 Å². The molecule has 0 bridgehead atoms. The van der Waals surface area contributed by atoms with Gasteiger partial charge in [0.2, 0.25) is 5.91 Å². The summed E-state index contributed by atoms with van der Waals surface area (Å²) in [6, 6.07) is -0.0456. The van der Waals surface area contributed by atoms with E-state index < -0.39 is 0 Å². The number of rotatable bonds is 3. The number of likely N-dealkylation sites (tertiary alicyclic amines) is 1. The van der Waals surface area contributed by atoms with Gasteiger partial charge in [0, 0.05) is 12.1 Å². The molecule has 0 aromatic carbocycles. The molecule has 1 rings (SSSR count). The Morgan fingerprint density at radius 3 is 2.62 bits per heavy atom. The number of hydrogen-bond acceptors (Lipinski definition) is 3. The van der Waals surface area contributed by atoms with Gasteiger partial charge in [-0.2, -0.15) is 0 Å². The molecule has 0 aromatic rings. The largest absolute Gasteiger partial charge is 0.350 e. The van der Waals surface area contributed by atoms with E-state index in [1.807, 2.05) is 27.7 Å². The van der Waals surface area contributed by atoms with E-state index in [0.29, 0.717) is 5.92 Å². The zero-order valence-corrected chi connectivity index (χ0v) is 10.9. The first kappa shape index (κ1) is 13.5. The summed E-state index contributed by atoms with van der Waals surface area (Å²) in [4.78, 5) is 14.2. The van der Waals surface area contributed by atoms with Crippen molar-refractivity contribution in [2.24, 2.45) is 11.7 Å². The molecule has 1 aliphatic heterocycles. The molecule has 2 atom stereocenters. The predicted octanol–water partition coefficient (Wildman–Crippen LogP) is 0.570. The topological polar surface area (TPSA) is 58.4 Å². The monoisotopic (exact) mass is 227 g/mol. The van der Waals surface area contributed by atoms with E-state index >= 15 is 0 Å². The lowest BCUT2D eigenvalue weighted by molar-refractivity contribution is -0.127. The zero-order valence-electron chi connectivity index (χ0n) is 10.9. The van der Waals surface area contributed by atoms with Crippen LogP contribution in [0.4, 0.5) is 0 Å². The van der Waals surface area contributed by atoms with Crippen LogP contribution in [0.15, 0.2) is 0 Å². The van der Waals surface area contributed by atoms with Crippen LogP contribution in [0, 0.1) is 5.92 Å². The minimum Gasteiger partial charge on any atom is -0.350 e. The number of amides is 1. The molecular formula is C12H25N3O. The third-order valence-corrected chi connectivity index (χ3v) is 3.08. The third kappa shape index (κ3) is 3.76. The Hall–Kier alpha value is -0.610. The highest BCUT2D eigenvalue weighted by molar-refractivity contribution is 5.81. The Kier molecular flexibility index (Phi) is 4.33. The number of carbonyl (C=O) groups excluding carboxylic acids is 1. The fraction of sp³-hybridized carbons (Fsp3) is 0.917. The summed E-state index contributed by atoms with van der Waals surface area (Å²) >= 11 is 0. The molecule has 4 nitrogen and oxygen atoms in total. The van der Waals surface area contributed by atoms with Gasteiger partial charge in [0.1, 0.15) is 0 Å². The second-order valence-electron chi connectivity index (χ2n) is 5.80. The standard InChI is InChI=1S/C12H25N3O/c1-9(11(16)14-12(2,3)4)15-6-5-10(7-13)8-15/h9-10H,5-8,13H2,1-4H3,(H,14,16). The second-order valence-corrected chi connectivity index (χ2v) is 5.80. The van der Waals surface area contributed by atoms with Crippen molar-refractivity contribution in [3.05, 3.63) is 0 Å². The van der Waals surface area contributed by atoms with Crippen LogP contribution in [0.2, 0.25) is 0 Å². The van der Waals surface area contributed by atoms with Crippen molar-refractivity contribution in [3.8, 4) is 0 Å². The molecule has 0 radical (unpaired) electrons. The minimum atomic E-state index is -0.154. The fourth-order valence-electron chi connectivity index (χ4n) is 2.05. The van der Waals surface area contributed by atoms with Crippen molar-refractivity contribution in [1.29, 1.82) is 0 Å². The van der Waals surface area contributed by atoms with Gasteiger partial charge < -0.3 is 11.1 Å². The molecule has 1 saturated heterocycles. The number of nitrogens with zero attached hydrogens (tertiary/aromatic N) is 1. The van der Waals surface area contributed by atoms with Crippen LogP contribution in [0.1, 0.15) is 34.1 Å². The molecule has 16 heavy (non-hydrogen) atoms. The van der Waals surface area contributed by atoms with Crippen LogP contribution in [0.25, 0.3) is 0 Å². The summed E-state index contributed by atoms with van der Waals surface area (Å²) in [6.45, 7) is 10.7. The molecule has 1 fully saturated rings. The average molecular weight is 227 g/mol. The molecule has 94 valence electrons. The first-order valence-corrected chi connectivity index (χ1v) is 6.09. The number of hydrogen-bond donors (Lipinski definition) is 2. The Morgan fingerprint density at radius 2 is 2.19 bits per heavy atom. The molecule has 4 heteroatoms. The second kappa shape index (κ2) is 5.15. The highest BCUT2D eigenvalue weighted by Crippen LogP contribution is 2.17. The van der Waals surface area contributed by atoms with Crippen molar-refractivity contribution in [2.75, 3.05) is 19.6 Å². The van der Waals surface area contributed by atoms with E-state index in [-0.39, 0.29) is 17.5 Å². The van der Waals surface area contributed by atoms with Gasteiger partial charge in [-0.15, -0.1) is 0 Å². The first-order valence-electron chi connectivity index (χ1n) is 6.09. The molecule has 1 amide bonds. The summed E-state index contributed by atoms with van der Waals surface area (Å²) in [5.41, 5.74) is 5.49. The number of nitrogens with one attached hydrogen (secondary N) is 1. The predicted molar refractivity (Wildman–Crippen MR) is 66.1 cm³/mol. The SMILES string of the molecule is CC(C(=O)NC(C)(C)C)N1CCC(CN)C1. The van der Waals surface area contributed by atoms with E-state index in [4.69, 9.17) is 5.73 Å². The summed E-state index contributed by atoms with van der Waals surface area (Å²) in [6.07, 6.45) is 1.11. The number of nitrogens with two attached hydrogens (primary N) is 1. The summed E-state index contributed by atoms with van der Waals surface area (Å²) < 4.78 is 0. The van der Waals surface area contributed by atoms with Crippen LogP contribution in [0.5, 0.6) is 0 Å². The van der Waals surface area contributed by atoms with Gasteiger partial charge in [-0.3, -0.25) is 9.69 Å². The maximum absolute atomic E-state index is 12.0. The highest BCUT2D eigenvalue weighted by atomic mass is 16.2. The number of carbonyl (C=O) groups is 1. The fourth-order valence-corrected chi connectivity index (χ4v) is 2.05. The van der Waals surface area contributed by atoms with Gasteiger partial charge in [0.05, 0.1) is 6.04 Å². The van der Waals surface area contributed by atoms with Crippen molar-refractivity contribution >= 4 is 5.91 Å². The first-order chi connectivity index (χ1) is 7.33. The van der Waals surface area contributed by atoms with Crippen molar-refractivity contribution < 1.29 is 4.79 Å². The maximum atomic E-state index is 12.0. The van der Waals surface area contributed by atoms with Gasteiger partial charge in [0.25, 0.3) is 0 Å². The summed E-state index contributed by atoms with van der Waals surface area (Å²) in [5.74, 6) is 0.676. The van der Waals surface area contributed by atoms with E-state index in [1.54, 1.807) is 0 Å². The van der Waals surface area contributed by atoms with Gasteiger partial charge >= 0.3 is 0 Å². The quantitative estimate of drug-likeness (QED) is 0.741. The molecular weight excluding hydrogens is 202 g/mol. The Balaban J connectivity index is 2.46. The minimum absolute atomic E-state index is 0.0456. The van der Waals surface area contributed by atoms with Crippen LogP contribution >= 0.6 is 0 Å². The van der Waals surface area contributed by atoms with Crippen molar-refractivity contribution in [1.82, 2.24) is 10.2 Å². The van der Waals surface area contributed by atoms with E-state index in [1.165, 1.54) is 0 Å². The molecule has 2 unspecified atom stereocenters. The van der Waals surface area contributed by atoms with E-state index in [0.717, 1.165) is 26.1 Å². The van der Waals surface area contributed by atoms with Crippen LogP contribution in [0.3, 0.4) is 0 Å². The lowest BCUT2D eigenvalue weighted by Gasteiger charge is -2.28. The Labute approximate surface area is 98.6 Å². The molecule has 0 spiro atoms. The van der Waals surface area contributed by atoms with Crippen LogP contribution < -0.4 is 11.1 Å². The summed E-state index contributed by atoms with van der Waals surface area (Å²) in [5, 5.41) is 3.02. The molecule has 3 N–H and O–H groups in total. The molecule has 0 aromatic heterocycles. The van der Waals surface area contributed by atoms with Crippen molar-refractivity contribution in [3.63, 3.8) is 0 Å². The van der Waals surface area contributed by atoms with Crippen LogP contribution in [-0.2, 0) is 4.79 Å². The maximum Gasteiger partial charge on any atom is 0.237 e. The summed E-state index contributed by atoms with van der Waals surface area (Å²) in [7, 11) is 0. The van der Waals surface area contributed by atoms with Gasteiger partial charge in [0.15, 0.2) is 0 Å². The normalized spacial score (nSPS) is 24.4. The highest BCUT2D eigenvalue weighted by Gasteiger charge is 2.30. The lowest BCUT2D eigenvalue weighted by atomic mass is 10.1. The van der Waals surface area contributed by atoms with E-state index in [9.17, 15) is 4.79 Å². The van der Waals surface area contributed by atoms with Crippen molar-refractivity contribution in [2.45, 2.75) is 45.7 Å². The molecule has 1 heterocycles. The molecule has 0 saturated carbocycles. The van der Waals surface area contributed by atoms with Gasteiger partial charge in [-0.1, -0.05) is 0 Å². The Bertz CT molecular complexity index is 247. The zero-order chi connectivity index (χ0) is 12.3. The third-order valence-electron chi connectivity index (χ3n) is 3.08. The molecule has 0 aliphatic carbocycles. The Morgan fingerprint density at radius 1 is 1.56 bits per heavy atom.